The van der Waals surface area contributed by atoms with Crippen molar-refractivity contribution in [3.8, 4) is 0 Å². The zero-order valence-electron chi connectivity index (χ0n) is 14.1. The maximum atomic E-state index is 12.6. The lowest BCUT2D eigenvalue weighted by molar-refractivity contribution is -0.171. The van der Waals surface area contributed by atoms with Crippen molar-refractivity contribution in [2.24, 2.45) is 11.1 Å². The fourth-order valence-corrected chi connectivity index (χ4v) is 3.70. The van der Waals surface area contributed by atoms with Gasteiger partial charge in [-0.3, -0.25) is 9.59 Å². The van der Waals surface area contributed by atoms with Gasteiger partial charge in [-0.15, -0.1) is 12.4 Å². The number of halogens is 1. The van der Waals surface area contributed by atoms with Gasteiger partial charge < -0.3 is 20.7 Å². The Balaban J connectivity index is 0.00000192. The largest absolute Gasteiger partial charge is 0.378 e. The molecule has 2 saturated carbocycles. The van der Waals surface area contributed by atoms with Gasteiger partial charge in [0.25, 0.3) is 0 Å². The van der Waals surface area contributed by atoms with E-state index in [-0.39, 0.29) is 36.4 Å². The van der Waals surface area contributed by atoms with Crippen LogP contribution in [0.3, 0.4) is 0 Å². The number of hydrogen-bond donors (Lipinski definition) is 2. The summed E-state index contributed by atoms with van der Waals surface area (Å²) in [7, 11) is 0. The number of ether oxygens (including phenoxy) is 1. The Labute approximate surface area is 143 Å². The van der Waals surface area contributed by atoms with Crippen LogP contribution in [0.5, 0.6) is 0 Å². The van der Waals surface area contributed by atoms with Gasteiger partial charge in [-0.2, -0.15) is 0 Å². The third-order valence-corrected chi connectivity index (χ3v) is 5.72. The van der Waals surface area contributed by atoms with E-state index < -0.39 is 11.0 Å². The van der Waals surface area contributed by atoms with Crippen molar-refractivity contribution in [1.82, 2.24) is 10.2 Å². The molecule has 23 heavy (non-hydrogen) atoms. The van der Waals surface area contributed by atoms with E-state index in [9.17, 15) is 9.59 Å². The fourth-order valence-electron chi connectivity index (χ4n) is 3.70. The summed E-state index contributed by atoms with van der Waals surface area (Å²) in [6.07, 6.45) is 3.13. The summed E-state index contributed by atoms with van der Waals surface area (Å²) in [4.78, 5) is 26.5. The molecule has 1 saturated heterocycles. The van der Waals surface area contributed by atoms with Crippen LogP contribution in [0.2, 0.25) is 0 Å². The van der Waals surface area contributed by atoms with Gasteiger partial charge >= 0.3 is 0 Å². The van der Waals surface area contributed by atoms with E-state index in [0.29, 0.717) is 32.0 Å². The number of nitrogens with one attached hydrogen (secondary N) is 1. The number of carbonyl (C=O) groups is 2. The highest BCUT2D eigenvalue weighted by molar-refractivity contribution is 5.90. The number of carbonyl (C=O) groups excluding carboxylic acids is 2. The lowest BCUT2D eigenvalue weighted by Gasteiger charge is -2.57. The molecule has 0 spiro atoms. The first-order chi connectivity index (χ1) is 10.3. The molecular formula is C16H28ClN3O3. The Kier molecular flexibility index (Phi) is 5.00. The van der Waals surface area contributed by atoms with E-state index >= 15 is 0 Å². The van der Waals surface area contributed by atoms with E-state index in [1.807, 2.05) is 25.7 Å². The molecule has 0 aromatic heterocycles. The third kappa shape index (κ3) is 2.96. The molecule has 7 heteroatoms. The van der Waals surface area contributed by atoms with Crippen LogP contribution in [-0.2, 0) is 14.3 Å². The second-order valence-electron chi connectivity index (χ2n) is 7.49. The highest BCUT2D eigenvalue weighted by Gasteiger charge is 2.63. The monoisotopic (exact) mass is 345 g/mol. The minimum atomic E-state index is -0.914. The normalized spacial score (nSPS) is 35.5. The number of rotatable bonds is 5. The zero-order chi connectivity index (χ0) is 16.1. The summed E-state index contributed by atoms with van der Waals surface area (Å²) >= 11 is 0. The van der Waals surface area contributed by atoms with Gasteiger partial charge in [-0.05, 0) is 19.8 Å². The molecule has 3 rings (SSSR count). The van der Waals surface area contributed by atoms with Gasteiger partial charge in [-0.1, -0.05) is 13.8 Å². The molecule has 2 amide bonds. The molecule has 3 atom stereocenters. The Morgan fingerprint density at radius 2 is 2.09 bits per heavy atom. The lowest BCUT2D eigenvalue weighted by atomic mass is 9.54. The van der Waals surface area contributed by atoms with Crippen molar-refractivity contribution < 1.29 is 14.3 Å². The van der Waals surface area contributed by atoms with Crippen molar-refractivity contribution >= 4 is 24.2 Å². The van der Waals surface area contributed by atoms with Crippen LogP contribution in [0.4, 0.5) is 0 Å². The van der Waals surface area contributed by atoms with E-state index in [0.717, 1.165) is 12.8 Å². The molecule has 6 nitrogen and oxygen atoms in total. The summed E-state index contributed by atoms with van der Waals surface area (Å²) in [6, 6.07) is 0.298. The molecule has 0 bridgehead atoms. The predicted octanol–water partition coefficient (Wildman–Crippen LogP) is 0.820. The standard InChI is InChI=1S/C16H27N3O3.ClH/c1-4-22-12-8-16(17,15(12,2)3)14(21)18-10-7-13(20)19(9-10)11-5-6-11;/h10-12H,4-9,17H2,1-3H3,(H,18,21);1H. The first-order valence-electron chi connectivity index (χ1n) is 8.30. The van der Waals surface area contributed by atoms with Gasteiger partial charge in [0.1, 0.15) is 5.54 Å². The molecule has 3 N–H and O–H groups in total. The van der Waals surface area contributed by atoms with Crippen molar-refractivity contribution in [2.75, 3.05) is 13.2 Å². The highest BCUT2D eigenvalue weighted by atomic mass is 35.5. The molecule has 1 aliphatic heterocycles. The smallest absolute Gasteiger partial charge is 0.241 e. The van der Waals surface area contributed by atoms with Crippen LogP contribution in [0.15, 0.2) is 0 Å². The first kappa shape index (κ1) is 18.5. The van der Waals surface area contributed by atoms with Crippen molar-refractivity contribution in [1.29, 1.82) is 0 Å². The number of nitrogens with zero attached hydrogens (tertiary/aromatic N) is 1. The molecule has 0 aromatic carbocycles. The van der Waals surface area contributed by atoms with Crippen molar-refractivity contribution in [3.05, 3.63) is 0 Å². The fraction of sp³-hybridized carbons (Fsp3) is 0.875. The van der Waals surface area contributed by atoms with Gasteiger partial charge in [0, 0.05) is 37.5 Å². The number of amides is 2. The van der Waals surface area contributed by atoms with Gasteiger partial charge in [0.15, 0.2) is 0 Å². The van der Waals surface area contributed by atoms with Crippen LogP contribution in [-0.4, -0.2) is 53.6 Å². The third-order valence-electron chi connectivity index (χ3n) is 5.72. The summed E-state index contributed by atoms with van der Waals surface area (Å²) in [5.74, 6) is 0.00262. The van der Waals surface area contributed by atoms with Gasteiger partial charge in [0.05, 0.1) is 12.1 Å². The topological polar surface area (TPSA) is 84.7 Å². The second-order valence-corrected chi connectivity index (χ2v) is 7.49. The van der Waals surface area contributed by atoms with E-state index in [4.69, 9.17) is 10.5 Å². The summed E-state index contributed by atoms with van der Waals surface area (Å²) in [6.45, 7) is 7.16. The maximum absolute atomic E-state index is 12.6. The molecule has 2 aliphatic carbocycles. The molecular weight excluding hydrogens is 318 g/mol. The molecule has 1 heterocycles. The van der Waals surface area contributed by atoms with Crippen LogP contribution in [0, 0.1) is 5.41 Å². The second kappa shape index (κ2) is 6.22. The average Bonchev–Trinajstić information content (AvgIpc) is 3.22. The molecule has 132 valence electrons. The quantitative estimate of drug-likeness (QED) is 0.772. The van der Waals surface area contributed by atoms with Crippen LogP contribution in [0.25, 0.3) is 0 Å². The number of hydrogen-bond acceptors (Lipinski definition) is 4. The molecule has 3 aliphatic rings. The van der Waals surface area contributed by atoms with Crippen molar-refractivity contribution in [2.45, 2.75) is 70.2 Å². The first-order valence-corrected chi connectivity index (χ1v) is 8.30. The zero-order valence-corrected chi connectivity index (χ0v) is 14.9. The number of nitrogens with two attached hydrogens (primary N) is 1. The Morgan fingerprint density at radius 1 is 1.43 bits per heavy atom. The Hall–Kier alpha value is -0.850. The number of likely N-dealkylation sites (tertiary alicyclic amines) is 1. The molecule has 0 radical (unpaired) electrons. The van der Waals surface area contributed by atoms with Crippen molar-refractivity contribution in [3.63, 3.8) is 0 Å². The predicted molar refractivity (Wildman–Crippen MR) is 89.3 cm³/mol. The average molecular weight is 346 g/mol. The van der Waals surface area contributed by atoms with Crippen LogP contribution >= 0.6 is 12.4 Å². The van der Waals surface area contributed by atoms with E-state index in [1.165, 1.54) is 0 Å². The van der Waals surface area contributed by atoms with Gasteiger partial charge in [0.2, 0.25) is 11.8 Å². The lowest BCUT2D eigenvalue weighted by Crippen LogP contribution is -2.76. The summed E-state index contributed by atoms with van der Waals surface area (Å²) < 4.78 is 5.66. The minimum absolute atomic E-state index is 0. The Morgan fingerprint density at radius 3 is 2.61 bits per heavy atom. The maximum Gasteiger partial charge on any atom is 0.241 e. The summed E-state index contributed by atoms with van der Waals surface area (Å²) in [5.41, 5.74) is 5.06. The molecule has 3 fully saturated rings. The highest BCUT2D eigenvalue weighted by Crippen LogP contribution is 2.50. The SMILES string of the molecule is CCOC1CC(N)(C(=O)NC2CC(=O)N(C3CC3)C2)C1(C)C.Cl. The molecule has 3 unspecified atom stereocenters. The van der Waals surface area contributed by atoms with E-state index in [2.05, 4.69) is 5.32 Å². The van der Waals surface area contributed by atoms with Gasteiger partial charge in [-0.25, -0.2) is 0 Å². The minimum Gasteiger partial charge on any atom is -0.378 e. The molecule has 0 aromatic rings. The van der Waals surface area contributed by atoms with E-state index in [1.54, 1.807) is 0 Å². The van der Waals surface area contributed by atoms with Crippen LogP contribution in [0.1, 0.15) is 46.5 Å². The Bertz CT molecular complexity index is 495. The summed E-state index contributed by atoms with van der Waals surface area (Å²) in [5, 5.41) is 3.00. The van der Waals surface area contributed by atoms with Crippen LogP contribution < -0.4 is 11.1 Å².